The number of aromatic nitrogens is 3. The highest BCUT2D eigenvalue weighted by molar-refractivity contribution is 9.10. The van der Waals surface area contributed by atoms with E-state index in [-0.39, 0.29) is 0 Å². The second kappa shape index (κ2) is 4.83. The van der Waals surface area contributed by atoms with Crippen LogP contribution in [-0.2, 0) is 0 Å². The maximum Gasteiger partial charge on any atom is 0.178 e. The van der Waals surface area contributed by atoms with Crippen molar-refractivity contribution in [3.05, 3.63) is 51.8 Å². The third kappa shape index (κ3) is 2.19. The van der Waals surface area contributed by atoms with E-state index in [1.165, 1.54) is 0 Å². The molecule has 0 saturated carbocycles. The van der Waals surface area contributed by atoms with E-state index in [4.69, 9.17) is 11.6 Å². The Morgan fingerprint density at radius 3 is 2.74 bits per heavy atom. The van der Waals surface area contributed by atoms with Gasteiger partial charge in [-0.3, -0.25) is 0 Å². The van der Waals surface area contributed by atoms with Crippen molar-refractivity contribution >= 4 is 44.6 Å². The fourth-order valence-corrected chi connectivity index (χ4v) is 2.36. The van der Waals surface area contributed by atoms with E-state index in [1.54, 1.807) is 10.7 Å². The smallest absolute Gasteiger partial charge is 0.178 e. The van der Waals surface area contributed by atoms with Gasteiger partial charge in [0.05, 0.1) is 11.9 Å². The molecule has 1 N–H and O–H groups in total. The van der Waals surface area contributed by atoms with Crippen molar-refractivity contribution in [2.75, 3.05) is 5.32 Å². The minimum Gasteiger partial charge on any atom is -0.352 e. The zero-order valence-electron chi connectivity index (χ0n) is 10.1. The number of nitrogens with one attached hydrogen (secondary N) is 1. The van der Waals surface area contributed by atoms with Crippen molar-refractivity contribution in [1.82, 2.24) is 14.6 Å². The number of benzene rings is 1. The van der Waals surface area contributed by atoms with Gasteiger partial charge in [-0.25, -0.2) is 9.50 Å². The van der Waals surface area contributed by atoms with Crippen LogP contribution < -0.4 is 5.32 Å². The van der Waals surface area contributed by atoms with Gasteiger partial charge in [0.2, 0.25) is 0 Å². The minimum atomic E-state index is 0.449. The van der Waals surface area contributed by atoms with Gasteiger partial charge in [-0.1, -0.05) is 29.8 Å². The predicted molar refractivity (Wildman–Crippen MR) is 80.2 cm³/mol. The summed E-state index contributed by atoms with van der Waals surface area (Å²) >= 11 is 9.56. The number of para-hydroxylation sites is 1. The van der Waals surface area contributed by atoms with E-state index in [1.807, 2.05) is 37.3 Å². The molecule has 0 radical (unpaired) electrons. The number of hydrogen-bond donors (Lipinski definition) is 1. The first kappa shape index (κ1) is 12.4. The van der Waals surface area contributed by atoms with Crippen LogP contribution in [0.2, 0.25) is 5.15 Å². The van der Waals surface area contributed by atoms with Crippen LogP contribution in [-0.4, -0.2) is 14.6 Å². The second-order valence-electron chi connectivity index (χ2n) is 4.10. The summed E-state index contributed by atoms with van der Waals surface area (Å²) in [5, 5.41) is 8.06. The second-order valence-corrected chi connectivity index (χ2v) is 5.27. The first-order valence-corrected chi connectivity index (χ1v) is 6.85. The quantitative estimate of drug-likeness (QED) is 0.762. The molecule has 96 valence electrons. The molecule has 6 heteroatoms. The maximum absolute atomic E-state index is 6.17. The average Bonchev–Trinajstić information content (AvgIpc) is 2.78. The largest absolute Gasteiger partial charge is 0.352 e. The van der Waals surface area contributed by atoms with E-state index >= 15 is 0 Å². The Kier molecular flexibility index (Phi) is 3.16. The lowest BCUT2D eigenvalue weighted by molar-refractivity contribution is 0.910. The number of rotatable bonds is 2. The van der Waals surface area contributed by atoms with Gasteiger partial charge in [-0.15, -0.1) is 0 Å². The maximum atomic E-state index is 6.17. The van der Waals surface area contributed by atoms with E-state index in [0.29, 0.717) is 5.15 Å². The number of hydrogen-bond acceptors (Lipinski definition) is 3. The van der Waals surface area contributed by atoms with Crippen LogP contribution in [0.1, 0.15) is 5.56 Å². The lowest BCUT2D eigenvalue weighted by atomic mass is 10.2. The molecule has 3 rings (SSSR count). The fraction of sp³-hybridized carbons (Fsp3) is 0.0769. The van der Waals surface area contributed by atoms with Crippen molar-refractivity contribution in [3.8, 4) is 0 Å². The monoisotopic (exact) mass is 336 g/mol. The molecule has 0 unspecified atom stereocenters. The highest BCUT2D eigenvalue weighted by Gasteiger charge is 2.14. The number of fused-ring (bicyclic) bond motifs is 1. The third-order valence-electron chi connectivity index (χ3n) is 2.84. The van der Waals surface area contributed by atoms with Gasteiger partial charge < -0.3 is 5.32 Å². The zero-order valence-corrected chi connectivity index (χ0v) is 12.4. The van der Waals surface area contributed by atoms with Crippen molar-refractivity contribution in [3.63, 3.8) is 0 Å². The first-order chi connectivity index (χ1) is 9.16. The number of nitrogens with zero attached hydrogens (tertiary/aromatic N) is 3. The number of anilines is 2. The zero-order chi connectivity index (χ0) is 13.4. The molecular formula is C13H10BrClN4. The molecule has 0 amide bonds. The van der Waals surface area contributed by atoms with Gasteiger partial charge in [0.25, 0.3) is 0 Å². The molecule has 3 aromatic rings. The Bertz CT molecular complexity index is 739. The van der Waals surface area contributed by atoms with Crippen LogP contribution in [0.4, 0.5) is 11.4 Å². The summed E-state index contributed by atoms with van der Waals surface area (Å²) in [4.78, 5) is 4.35. The Balaban J connectivity index is 2.19. The summed E-state index contributed by atoms with van der Waals surface area (Å²) in [6.45, 7) is 1.92. The summed E-state index contributed by atoms with van der Waals surface area (Å²) in [5.74, 6) is 0. The highest BCUT2D eigenvalue weighted by atomic mass is 79.9. The molecule has 2 aromatic heterocycles. The van der Waals surface area contributed by atoms with Gasteiger partial charge in [-0.05, 0) is 35.0 Å². The lowest BCUT2D eigenvalue weighted by Crippen LogP contribution is -2.02. The van der Waals surface area contributed by atoms with Gasteiger partial charge >= 0.3 is 0 Å². The minimum absolute atomic E-state index is 0.449. The normalized spacial score (nSPS) is 10.9. The summed E-state index contributed by atoms with van der Waals surface area (Å²) in [7, 11) is 0. The van der Waals surface area contributed by atoms with E-state index < -0.39 is 0 Å². The first-order valence-electron chi connectivity index (χ1n) is 5.68. The Hall–Kier alpha value is -1.59. The Labute approximate surface area is 123 Å². The Morgan fingerprint density at radius 2 is 2.00 bits per heavy atom. The summed E-state index contributed by atoms with van der Waals surface area (Å²) in [6.07, 6.45) is 1.70. The summed E-state index contributed by atoms with van der Waals surface area (Å²) in [5.41, 5.74) is 3.44. The molecular weight excluding hydrogens is 328 g/mol. The van der Waals surface area contributed by atoms with Crippen LogP contribution in [0.3, 0.4) is 0 Å². The number of imidazole rings is 1. The van der Waals surface area contributed by atoms with Gasteiger partial charge in [0.15, 0.2) is 10.8 Å². The molecule has 0 bridgehead atoms. The molecule has 0 saturated heterocycles. The van der Waals surface area contributed by atoms with Crippen LogP contribution in [0.25, 0.3) is 5.65 Å². The molecule has 0 atom stereocenters. The topological polar surface area (TPSA) is 42.2 Å². The third-order valence-corrected chi connectivity index (χ3v) is 3.74. The molecule has 19 heavy (non-hydrogen) atoms. The molecule has 0 aliphatic heterocycles. The van der Waals surface area contributed by atoms with Crippen molar-refractivity contribution in [1.29, 1.82) is 0 Å². The van der Waals surface area contributed by atoms with E-state index in [9.17, 15) is 0 Å². The van der Waals surface area contributed by atoms with Crippen LogP contribution >= 0.6 is 27.5 Å². The molecule has 0 spiro atoms. The van der Waals surface area contributed by atoms with Crippen LogP contribution in [0.15, 0.2) is 41.1 Å². The van der Waals surface area contributed by atoms with Crippen molar-refractivity contribution < 1.29 is 0 Å². The lowest BCUT2D eigenvalue weighted by Gasteiger charge is -2.11. The van der Waals surface area contributed by atoms with Crippen molar-refractivity contribution in [2.45, 2.75) is 6.92 Å². The van der Waals surface area contributed by atoms with Gasteiger partial charge in [0, 0.05) is 11.3 Å². The molecule has 0 aliphatic carbocycles. The molecule has 0 fully saturated rings. The van der Waals surface area contributed by atoms with Gasteiger partial charge in [0.1, 0.15) is 4.60 Å². The standard InChI is InChI=1S/C13H10BrClN4/c1-8-11(17-9-5-3-2-4-6-9)13-16-7-10(14)19(13)18-12(8)15/h2-7,17H,1H3. The summed E-state index contributed by atoms with van der Waals surface area (Å²) in [6, 6.07) is 9.89. The van der Waals surface area contributed by atoms with E-state index in [0.717, 1.165) is 27.2 Å². The summed E-state index contributed by atoms with van der Waals surface area (Å²) < 4.78 is 2.43. The molecule has 2 heterocycles. The molecule has 1 aromatic carbocycles. The number of halogens is 2. The Morgan fingerprint density at radius 1 is 1.26 bits per heavy atom. The highest BCUT2D eigenvalue weighted by Crippen LogP contribution is 2.30. The van der Waals surface area contributed by atoms with E-state index in [2.05, 4.69) is 31.3 Å². The predicted octanol–water partition coefficient (Wildman–Crippen LogP) is 4.20. The average molecular weight is 338 g/mol. The molecule has 0 aliphatic rings. The van der Waals surface area contributed by atoms with Crippen LogP contribution in [0, 0.1) is 6.92 Å². The molecule has 4 nitrogen and oxygen atoms in total. The SMILES string of the molecule is Cc1c(Cl)nn2c(Br)cnc2c1Nc1ccccc1. The van der Waals surface area contributed by atoms with Gasteiger partial charge in [-0.2, -0.15) is 5.10 Å². The fourth-order valence-electron chi connectivity index (χ4n) is 1.84. The van der Waals surface area contributed by atoms with Crippen molar-refractivity contribution in [2.24, 2.45) is 0 Å². The van der Waals surface area contributed by atoms with Crippen LogP contribution in [0.5, 0.6) is 0 Å².